The molecule has 0 saturated carbocycles. The lowest BCUT2D eigenvalue weighted by molar-refractivity contribution is -0.132. The van der Waals surface area contributed by atoms with E-state index in [4.69, 9.17) is 5.73 Å². The summed E-state index contributed by atoms with van der Waals surface area (Å²) in [7, 11) is 1.70. The standard InChI is InChI=1S/C29H39N9O2S/c1-17-5-9-37(10-6-17)20-7-11-38(12-8-20)21(39)13-19-16-41-28(32-19)36(4)26(40)25-22-24(34-35-25)23-18(14-29(22,2)3)15-31-27(30)33-23/h15-17,20H,5-14H2,1-4H3,(H,34,35)(H2,30,31,33). The molecule has 41 heavy (non-hydrogen) atoms. The summed E-state index contributed by atoms with van der Waals surface area (Å²) in [6.07, 6.45) is 7.27. The lowest BCUT2D eigenvalue weighted by atomic mass is 9.73. The Morgan fingerprint density at radius 3 is 2.59 bits per heavy atom. The molecule has 0 aromatic carbocycles. The lowest BCUT2D eigenvalue weighted by Crippen LogP contribution is -2.49. The first-order chi connectivity index (χ1) is 19.6. The second-order valence-corrected chi connectivity index (χ2v) is 13.3. The van der Waals surface area contributed by atoms with Crippen LogP contribution in [0.1, 0.15) is 73.8 Å². The van der Waals surface area contributed by atoms with E-state index in [1.54, 1.807) is 13.2 Å². The zero-order valence-corrected chi connectivity index (χ0v) is 25.1. The highest BCUT2D eigenvalue weighted by atomic mass is 32.1. The second kappa shape index (κ2) is 10.8. The monoisotopic (exact) mass is 577 g/mol. The number of hydrogen-bond acceptors (Lipinski definition) is 9. The Kier molecular flexibility index (Phi) is 7.31. The molecule has 3 aromatic rings. The molecular formula is C29H39N9O2S. The number of carbonyl (C=O) groups excluding carboxylic acids is 2. The van der Waals surface area contributed by atoms with Gasteiger partial charge in [0.15, 0.2) is 5.13 Å². The van der Waals surface area contributed by atoms with Gasteiger partial charge in [-0.1, -0.05) is 20.8 Å². The Hall–Kier alpha value is -3.38. The van der Waals surface area contributed by atoms with Crippen molar-refractivity contribution < 1.29 is 9.59 Å². The van der Waals surface area contributed by atoms with Crippen molar-refractivity contribution in [3.63, 3.8) is 0 Å². The first-order valence-corrected chi connectivity index (χ1v) is 15.4. The van der Waals surface area contributed by atoms with Crippen LogP contribution in [0.5, 0.6) is 0 Å². The van der Waals surface area contributed by atoms with E-state index in [0.29, 0.717) is 40.4 Å². The van der Waals surface area contributed by atoms with E-state index in [0.717, 1.165) is 43.0 Å². The van der Waals surface area contributed by atoms with Gasteiger partial charge in [0.1, 0.15) is 11.4 Å². The average molecular weight is 578 g/mol. The lowest BCUT2D eigenvalue weighted by Gasteiger charge is -2.41. The van der Waals surface area contributed by atoms with Crippen molar-refractivity contribution in [2.45, 2.75) is 70.8 Å². The van der Waals surface area contributed by atoms with Gasteiger partial charge in [-0.3, -0.25) is 19.6 Å². The molecule has 2 fully saturated rings. The summed E-state index contributed by atoms with van der Waals surface area (Å²) < 4.78 is 0. The third kappa shape index (κ3) is 5.34. The van der Waals surface area contributed by atoms with E-state index in [1.165, 1.54) is 42.2 Å². The summed E-state index contributed by atoms with van der Waals surface area (Å²) in [5, 5.41) is 9.86. The maximum Gasteiger partial charge on any atom is 0.278 e. The van der Waals surface area contributed by atoms with Gasteiger partial charge in [-0.2, -0.15) is 5.10 Å². The largest absolute Gasteiger partial charge is 0.368 e. The van der Waals surface area contributed by atoms with Gasteiger partial charge in [-0.15, -0.1) is 11.3 Å². The van der Waals surface area contributed by atoms with E-state index in [-0.39, 0.29) is 29.6 Å². The van der Waals surface area contributed by atoms with E-state index < -0.39 is 0 Å². The van der Waals surface area contributed by atoms with Crippen molar-refractivity contribution in [3.8, 4) is 11.4 Å². The minimum atomic E-state index is -0.360. The Balaban J connectivity index is 1.10. The summed E-state index contributed by atoms with van der Waals surface area (Å²) in [4.78, 5) is 46.1. The van der Waals surface area contributed by atoms with Gasteiger partial charge in [-0.25, -0.2) is 15.0 Å². The van der Waals surface area contributed by atoms with Crippen molar-refractivity contribution in [2.75, 3.05) is 43.9 Å². The van der Waals surface area contributed by atoms with Gasteiger partial charge in [0.25, 0.3) is 5.91 Å². The quantitative estimate of drug-likeness (QED) is 0.471. The molecule has 0 spiro atoms. The van der Waals surface area contributed by atoms with Gasteiger partial charge in [0.2, 0.25) is 11.9 Å². The molecule has 218 valence electrons. The minimum Gasteiger partial charge on any atom is -0.368 e. The molecule has 0 unspecified atom stereocenters. The van der Waals surface area contributed by atoms with E-state index in [9.17, 15) is 9.59 Å². The normalized spacial score (nSPS) is 19.6. The number of aromatic amines is 1. The third-order valence-corrected chi connectivity index (χ3v) is 9.98. The molecule has 3 aromatic heterocycles. The van der Waals surface area contributed by atoms with Gasteiger partial charge in [0, 0.05) is 43.3 Å². The second-order valence-electron chi connectivity index (χ2n) is 12.5. The van der Waals surface area contributed by atoms with Crippen LogP contribution in [-0.2, 0) is 23.1 Å². The summed E-state index contributed by atoms with van der Waals surface area (Å²) in [6.45, 7) is 10.5. The van der Waals surface area contributed by atoms with Gasteiger partial charge in [0.05, 0.1) is 17.8 Å². The molecule has 1 aliphatic carbocycles. The van der Waals surface area contributed by atoms with Gasteiger partial charge >= 0.3 is 0 Å². The molecule has 3 N–H and O–H groups in total. The summed E-state index contributed by atoms with van der Waals surface area (Å²) >= 11 is 1.36. The average Bonchev–Trinajstić information content (AvgIpc) is 3.62. The molecule has 2 aliphatic heterocycles. The first kappa shape index (κ1) is 27.8. The molecule has 2 saturated heterocycles. The number of aromatic nitrogens is 5. The van der Waals surface area contributed by atoms with Crippen LogP contribution in [0, 0.1) is 5.92 Å². The number of nitrogen functional groups attached to an aromatic ring is 1. The van der Waals surface area contributed by atoms with Crippen LogP contribution in [0.2, 0.25) is 0 Å². The van der Waals surface area contributed by atoms with Crippen LogP contribution in [-0.4, -0.2) is 86.0 Å². The highest BCUT2D eigenvalue weighted by Gasteiger charge is 2.39. The topological polar surface area (TPSA) is 137 Å². The molecular weight excluding hydrogens is 538 g/mol. The highest BCUT2D eigenvalue weighted by Crippen LogP contribution is 2.43. The zero-order chi connectivity index (χ0) is 28.9. The number of thiazole rings is 1. The number of amides is 2. The molecule has 0 atom stereocenters. The van der Waals surface area contributed by atoms with Crippen LogP contribution in [0.4, 0.5) is 11.1 Å². The van der Waals surface area contributed by atoms with Crippen molar-refractivity contribution in [3.05, 3.63) is 34.1 Å². The number of fused-ring (bicyclic) bond motifs is 3. The number of anilines is 2. The number of carbonyl (C=O) groups is 2. The number of nitrogens with two attached hydrogens (primary N) is 1. The summed E-state index contributed by atoms with van der Waals surface area (Å²) in [6, 6.07) is 0.591. The molecule has 3 aliphatic rings. The van der Waals surface area contributed by atoms with Gasteiger partial charge in [-0.05, 0) is 62.1 Å². The van der Waals surface area contributed by atoms with E-state index in [2.05, 4.69) is 50.8 Å². The fourth-order valence-corrected chi connectivity index (χ4v) is 7.36. The molecule has 11 nitrogen and oxygen atoms in total. The number of H-pyrrole nitrogens is 1. The summed E-state index contributed by atoms with van der Waals surface area (Å²) in [5.74, 6) is 0.868. The van der Waals surface area contributed by atoms with Crippen molar-refractivity contribution >= 4 is 34.2 Å². The SMILES string of the molecule is CC1CCN(C2CCN(C(=O)Cc3csc(N(C)C(=O)c4[nH]nc5c4C(C)(C)Cc4cnc(N)nc4-5)n3)CC2)CC1. The highest BCUT2D eigenvalue weighted by molar-refractivity contribution is 7.14. The Morgan fingerprint density at radius 1 is 1.12 bits per heavy atom. The molecule has 12 heteroatoms. The fraction of sp³-hybridized carbons (Fsp3) is 0.586. The smallest absolute Gasteiger partial charge is 0.278 e. The molecule has 6 rings (SSSR count). The maximum absolute atomic E-state index is 13.7. The molecule has 2 amide bonds. The van der Waals surface area contributed by atoms with Crippen LogP contribution in [0.15, 0.2) is 11.6 Å². The third-order valence-electron chi connectivity index (χ3n) is 9.01. The number of rotatable bonds is 5. The Bertz CT molecular complexity index is 1450. The predicted molar refractivity (Wildman–Crippen MR) is 159 cm³/mol. The van der Waals surface area contributed by atoms with E-state index in [1.807, 2.05) is 10.3 Å². The number of nitrogens with one attached hydrogen (secondary N) is 1. The number of piperidine rings is 2. The van der Waals surface area contributed by atoms with E-state index >= 15 is 0 Å². The van der Waals surface area contributed by atoms with Crippen molar-refractivity contribution in [1.82, 2.24) is 34.9 Å². The van der Waals surface area contributed by atoms with Crippen molar-refractivity contribution in [1.29, 1.82) is 0 Å². The Morgan fingerprint density at radius 2 is 1.85 bits per heavy atom. The van der Waals surface area contributed by atoms with Crippen LogP contribution < -0.4 is 10.6 Å². The zero-order valence-electron chi connectivity index (χ0n) is 24.3. The number of likely N-dealkylation sites (tertiary alicyclic amines) is 2. The first-order valence-electron chi connectivity index (χ1n) is 14.6. The fourth-order valence-electron chi connectivity index (χ4n) is 6.57. The molecule has 0 radical (unpaired) electrons. The minimum absolute atomic E-state index is 0.103. The molecule has 0 bridgehead atoms. The van der Waals surface area contributed by atoms with Crippen LogP contribution in [0.3, 0.4) is 0 Å². The van der Waals surface area contributed by atoms with Crippen LogP contribution >= 0.6 is 11.3 Å². The number of hydrogen-bond donors (Lipinski definition) is 2. The van der Waals surface area contributed by atoms with Crippen molar-refractivity contribution in [2.24, 2.45) is 5.92 Å². The predicted octanol–water partition coefficient (Wildman–Crippen LogP) is 3.28. The maximum atomic E-state index is 13.7. The summed E-state index contributed by atoms with van der Waals surface area (Å²) in [5.41, 5.74) is 9.65. The molecule has 5 heterocycles. The van der Waals surface area contributed by atoms with Crippen LogP contribution in [0.25, 0.3) is 11.4 Å². The number of nitrogens with zero attached hydrogens (tertiary/aromatic N) is 7. The Labute approximate surface area is 244 Å². The van der Waals surface area contributed by atoms with Gasteiger partial charge < -0.3 is 15.5 Å².